The molecule has 1 saturated heterocycles. The minimum Gasteiger partial charge on any atom is -0.481 e. The maximum Gasteiger partial charge on any atom is 0.304 e. The number of carboxylic acids is 1. The molecule has 0 saturated carbocycles. The Hall–Kier alpha value is -0.520. The van der Waals surface area contributed by atoms with E-state index in [0.29, 0.717) is 0 Å². The summed E-state index contributed by atoms with van der Waals surface area (Å²) in [5, 5.41) is 14.0. The molecule has 3 nitrogen and oxygen atoms in total. The molecule has 0 aliphatic carbocycles. The van der Waals surface area contributed by atoms with E-state index in [1.807, 2.05) is 17.5 Å². The second kappa shape index (κ2) is 3.92. The highest BCUT2D eigenvalue weighted by molar-refractivity contribution is 8.02. The van der Waals surface area contributed by atoms with Gasteiger partial charge in [-0.2, -0.15) is 0 Å². The first-order valence-corrected chi connectivity index (χ1v) is 6.05. The van der Waals surface area contributed by atoms with Crippen LogP contribution >= 0.6 is 23.1 Å². The minimum absolute atomic E-state index is 0.114. The molecule has 0 amide bonds. The van der Waals surface area contributed by atoms with Gasteiger partial charge in [0.1, 0.15) is 0 Å². The molecular formula is C9H11NO2S2. The lowest BCUT2D eigenvalue weighted by Gasteiger charge is -2.40. The first-order valence-electron chi connectivity index (χ1n) is 4.35. The molecule has 5 heteroatoms. The van der Waals surface area contributed by atoms with Crippen LogP contribution in [-0.2, 0) is 4.79 Å². The molecule has 2 rings (SSSR count). The van der Waals surface area contributed by atoms with Crippen molar-refractivity contribution in [3.05, 3.63) is 17.5 Å². The van der Waals surface area contributed by atoms with Gasteiger partial charge >= 0.3 is 5.97 Å². The van der Waals surface area contributed by atoms with E-state index >= 15 is 0 Å². The van der Waals surface area contributed by atoms with Gasteiger partial charge < -0.3 is 10.4 Å². The number of aliphatic carboxylic acids is 1. The summed E-state index contributed by atoms with van der Waals surface area (Å²) in [6.45, 7) is 1.59. The predicted molar refractivity (Wildman–Crippen MR) is 58.0 cm³/mol. The van der Waals surface area contributed by atoms with E-state index in [1.54, 1.807) is 23.1 Å². The standard InChI is InChI=1S/C9H11NO2S2/c11-7(12)4-9(5-10-6-9)14-8-2-1-3-13-8/h1-3,10H,4-6H2,(H,11,12). The third kappa shape index (κ3) is 2.10. The maximum absolute atomic E-state index is 10.7. The van der Waals surface area contributed by atoms with E-state index in [1.165, 1.54) is 4.21 Å². The van der Waals surface area contributed by atoms with Gasteiger partial charge in [-0.1, -0.05) is 6.07 Å². The summed E-state index contributed by atoms with van der Waals surface area (Å²) in [4.78, 5) is 10.7. The number of nitrogens with one attached hydrogen (secondary N) is 1. The number of thioether (sulfide) groups is 1. The fraction of sp³-hybridized carbons (Fsp3) is 0.444. The van der Waals surface area contributed by atoms with Gasteiger partial charge in [-0.3, -0.25) is 4.79 Å². The molecule has 0 radical (unpaired) electrons. The maximum atomic E-state index is 10.7. The van der Waals surface area contributed by atoms with Gasteiger partial charge in [0.15, 0.2) is 0 Å². The van der Waals surface area contributed by atoms with E-state index in [9.17, 15) is 4.79 Å². The second-order valence-electron chi connectivity index (χ2n) is 3.39. The van der Waals surface area contributed by atoms with Crippen molar-refractivity contribution >= 4 is 29.1 Å². The Bertz CT molecular complexity index is 320. The van der Waals surface area contributed by atoms with E-state index in [4.69, 9.17) is 5.11 Å². The number of hydrogen-bond acceptors (Lipinski definition) is 4. The summed E-state index contributed by atoms with van der Waals surface area (Å²) in [7, 11) is 0. The third-order valence-corrected chi connectivity index (χ3v) is 4.58. The molecule has 0 aromatic carbocycles. The second-order valence-corrected chi connectivity index (χ2v) is 6.11. The summed E-state index contributed by atoms with van der Waals surface area (Å²) in [5.74, 6) is -0.712. The SMILES string of the molecule is O=C(O)CC1(Sc2cccs2)CNC1. The molecule has 1 aromatic rings. The highest BCUT2D eigenvalue weighted by atomic mass is 32.2. The van der Waals surface area contributed by atoms with Crippen LogP contribution in [0.15, 0.2) is 21.7 Å². The Labute approximate surface area is 90.5 Å². The van der Waals surface area contributed by atoms with E-state index < -0.39 is 5.97 Å². The lowest BCUT2D eigenvalue weighted by molar-refractivity contribution is -0.137. The van der Waals surface area contributed by atoms with Gasteiger partial charge in [0.25, 0.3) is 0 Å². The smallest absolute Gasteiger partial charge is 0.304 e. The number of thiophene rings is 1. The third-order valence-electron chi connectivity index (χ3n) is 2.18. The molecule has 0 atom stereocenters. The zero-order valence-electron chi connectivity index (χ0n) is 7.53. The zero-order chi connectivity index (χ0) is 10.0. The highest BCUT2D eigenvalue weighted by Crippen LogP contribution is 2.40. The Kier molecular flexibility index (Phi) is 2.80. The van der Waals surface area contributed by atoms with Gasteiger partial charge in [0.05, 0.1) is 15.4 Å². The average molecular weight is 229 g/mol. The van der Waals surface area contributed by atoms with Crippen molar-refractivity contribution in [1.82, 2.24) is 5.32 Å². The van der Waals surface area contributed by atoms with Crippen LogP contribution in [0.3, 0.4) is 0 Å². The number of carboxylic acid groups (broad SMARTS) is 1. The van der Waals surface area contributed by atoms with Crippen LogP contribution in [0.25, 0.3) is 0 Å². The van der Waals surface area contributed by atoms with Gasteiger partial charge in [-0.25, -0.2) is 0 Å². The van der Waals surface area contributed by atoms with Gasteiger partial charge in [0, 0.05) is 13.1 Å². The van der Waals surface area contributed by atoms with Crippen molar-refractivity contribution in [1.29, 1.82) is 0 Å². The predicted octanol–water partition coefficient (Wildman–Crippen LogP) is 1.66. The van der Waals surface area contributed by atoms with Crippen molar-refractivity contribution in [3.63, 3.8) is 0 Å². The number of hydrogen-bond donors (Lipinski definition) is 2. The topological polar surface area (TPSA) is 49.3 Å². The summed E-state index contributed by atoms with van der Waals surface area (Å²) >= 11 is 3.36. The van der Waals surface area contributed by atoms with Crippen LogP contribution in [-0.4, -0.2) is 28.9 Å². The Morgan fingerprint density at radius 1 is 1.71 bits per heavy atom. The molecule has 0 spiro atoms. The molecule has 1 fully saturated rings. The van der Waals surface area contributed by atoms with Gasteiger partial charge in [-0.05, 0) is 11.4 Å². The van der Waals surface area contributed by atoms with Gasteiger partial charge in [-0.15, -0.1) is 23.1 Å². The normalized spacial score (nSPS) is 18.9. The molecule has 0 unspecified atom stereocenters. The summed E-state index contributed by atoms with van der Waals surface area (Å²) in [6.07, 6.45) is 0.239. The minimum atomic E-state index is -0.712. The molecule has 76 valence electrons. The van der Waals surface area contributed by atoms with E-state index in [2.05, 4.69) is 5.32 Å². The van der Waals surface area contributed by atoms with E-state index in [-0.39, 0.29) is 11.2 Å². The molecule has 14 heavy (non-hydrogen) atoms. The fourth-order valence-electron chi connectivity index (χ4n) is 1.45. The van der Waals surface area contributed by atoms with Crippen LogP contribution in [0, 0.1) is 0 Å². The van der Waals surface area contributed by atoms with E-state index in [0.717, 1.165) is 13.1 Å². The highest BCUT2D eigenvalue weighted by Gasteiger charge is 2.40. The van der Waals surface area contributed by atoms with Crippen LogP contribution in [0.2, 0.25) is 0 Å². The molecule has 1 aromatic heterocycles. The monoisotopic (exact) mass is 229 g/mol. The lowest BCUT2D eigenvalue weighted by atomic mass is 9.98. The molecular weight excluding hydrogens is 218 g/mol. The largest absolute Gasteiger partial charge is 0.481 e. The zero-order valence-corrected chi connectivity index (χ0v) is 9.16. The van der Waals surface area contributed by atoms with Crippen molar-refractivity contribution in [2.75, 3.05) is 13.1 Å². The van der Waals surface area contributed by atoms with Crippen molar-refractivity contribution in [3.8, 4) is 0 Å². The fourth-order valence-corrected chi connectivity index (χ4v) is 3.90. The number of rotatable bonds is 4. The van der Waals surface area contributed by atoms with Crippen molar-refractivity contribution in [2.45, 2.75) is 15.4 Å². The summed E-state index contributed by atoms with van der Waals surface area (Å²) in [5.41, 5.74) is 0. The van der Waals surface area contributed by atoms with Crippen LogP contribution in [0.5, 0.6) is 0 Å². The molecule has 1 aliphatic heterocycles. The van der Waals surface area contributed by atoms with Crippen LogP contribution < -0.4 is 5.32 Å². The summed E-state index contributed by atoms with van der Waals surface area (Å²) in [6, 6.07) is 4.03. The Morgan fingerprint density at radius 2 is 2.50 bits per heavy atom. The molecule has 0 bridgehead atoms. The lowest BCUT2D eigenvalue weighted by Crippen LogP contribution is -2.57. The molecule has 2 N–H and O–H groups in total. The van der Waals surface area contributed by atoms with Crippen LogP contribution in [0.4, 0.5) is 0 Å². The molecule has 2 heterocycles. The number of carbonyl (C=O) groups is 1. The molecule has 1 aliphatic rings. The van der Waals surface area contributed by atoms with Crippen LogP contribution in [0.1, 0.15) is 6.42 Å². The Morgan fingerprint density at radius 3 is 2.93 bits per heavy atom. The Balaban J connectivity index is 2.02. The van der Waals surface area contributed by atoms with Crippen molar-refractivity contribution in [2.24, 2.45) is 0 Å². The van der Waals surface area contributed by atoms with Crippen molar-refractivity contribution < 1.29 is 9.90 Å². The first-order chi connectivity index (χ1) is 6.70. The van der Waals surface area contributed by atoms with Gasteiger partial charge in [0.2, 0.25) is 0 Å². The average Bonchev–Trinajstić information content (AvgIpc) is 2.51. The quantitative estimate of drug-likeness (QED) is 0.824. The first kappa shape index (κ1) is 10.0. The summed E-state index contributed by atoms with van der Waals surface area (Å²) < 4.78 is 1.09.